The van der Waals surface area contributed by atoms with Crippen LogP contribution in [0.15, 0.2) is 24.3 Å². The third-order valence-corrected chi connectivity index (χ3v) is 3.95. The van der Waals surface area contributed by atoms with Crippen LogP contribution in [0.5, 0.6) is 0 Å². The molecule has 2 N–H and O–H groups in total. The Labute approximate surface area is 117 Å². The van der Waals surface area contributed by atoms with Gasteiger partial charge in [-0.25, -0.2) is 0 Å². The minimum Gasteiger partial charge on any atom is -0.329 e. The number of hydrogen-bond acceptors (Lipinski definition) is 2. The zero-order valence-corrected chi connectivity index (χ0v) is 11.7. The summed E-state index contributed by atoms with van der Waals surface area (Å²) in [5.41, 5.74) is 5.88. The van der Waals surface area contributed by atoms with E-state index in [1.807, 2.05) is 0 Å². The van der Waals surface area contributed by atoms with Crippen LogP contribution in [-0.2, 0) is 6.18 Å². The first-order valence-corrected chi connectivity index (χ1v) is 7.03. The molecule has 1 aromatic carbocycles. The van der Waals surface area contributed by atoms with E-state index in [9.17, 15) is 13.2 Å². The van der Waals surface area contributed by atoms with E-state index in [-0.39, 0.29) is 6.04 Å². The van der Waals surface area contributed by atoms with Crippen molar-refractivity contribution < 1.29 is 13.2 Å². The molecule has 2 nitrogen and oxygen atoms in total. The van der Waals surface area contributed by atoms with Gasteiger partial charge >= 0.3 is 6.18 Å². The Morgan fingerprint density at radius 2 is 2.15 bits per heavy atom. The van der Waals surface area contributed by atoms with Crippen LogP contribution in [0, 0.1) is 5.92 Å². The highest BCUT2D eigenvalue weighted by atomic mass is 19.4. The number of nitrogens with zero attached hydrogens (tertiary/aromatic N) is 1. The van der Waals surface area contributed by atoms with Crippen LogP contribution in [0.25, 0.3) is 0 Å². The monoisotopic (exact) mass is 286 g/mol. The van der Waals surface area contributed by atoms with E-state index in [4.69, 9.17) is 5.73 Å². The summed E-state index contributed by atoms with van der Waals surface area (Å²) in [4.78, 5) is 2.21. The maximum Gasteiger partial charge on any atom is 0.416 e. The topological polar surface area (TPSA) is 29.3 Å². The standard InChI is InChI=1S/C15H21F3N2/c1-11-4-3-7-20(10-11)14(9-19)12-5-2-6-13(8-12)15(16,17)18/h2,5-6,8,11,14H,3-4,7,9-10,19H2,1H3. The molecule has 0 bridgehead atoms. The second kappa shape index (κ2) is 6.14. The van der Waals surface area contributed by atoms with Crippen LogP contribution in [-0.4, -0.2) is 24.5 Å². The van der Waals surface area contributed by atoms with E-state index in [1.54, 1.807) is 6.07 Å². The van der Waals surface area contributed by atoms with Gasteiger partial charge in [-0.15, -0.1) is 0 Å². The average Bonchev–Trinajstić information content (AvgIpc) is 2.39. The van der Waals surface area contributed by atoms with E-state index < -0.39 is 11.7 Å². The van der Waals surface area contributed by atoms with Crippen molar-refractivity contribution in [3.63, 3.8) is 0 Å². The zero-order valence-electron chi connectivity index (χ0n) is 11.7. The molecule has 5 heteroatoms. The number of alkyl halides is 3. The Balaban J connectivity index is 2.23. The zero-order chi connectivity index (χ0) is 14.8. The highest BCUT2D eigenvalue weighted by Gasteiger charge is 2.32. The fourth-order valence-corrected chi connectivity index (χ4v) is 2.93. The molecule has 112 valence electrons. The van der Waals surface area contributed by atoms with E-state index in [1.165, 1.54) is 18.6 Å². The van der Waals surface area contributed by atoms with Gasteiger partial charge in [-0.1, -0.05) is 19.1 Å². The molecule has 0 radical (unpaired) electrons. The molecule has 0 saturated carbocycles. The van der Waals surface area contributed by atoms with E-state index in [2.05, 4.69) is 11.8 Å². The number of benzene rings is 1. The number of likely N-dealkylation sites (tertiary alicyclic amines) is 1. The summed E-state index contributed by atoms with van der Waals surface area (Å²) in [5, 5.41) is 0. The molecule has 0 amide bonds. The first kappa shape index (κ1) is 15.3. The van der Waals surface area contributed by atoms with Crippen molar-refractivity contribution >= 4 is 0 Å². The molecule has 1 aliphatic heterocycles. The SMILES string of the molecule is CC1CCCN(C(CN)c2cccc(C(F)(F)F)c2)C1. The number of halogens is 3. The summed E-state index contributed by atoms with van der Waals surface area (Å²) in [6, 6.07) is 5.42. The van der Waals surface area contributed by atoms with Crippen molar-refractivity contribution in [2.45, 2.75) is 32.0 Å². The van der Waals surface area contributed by atoms with Crippen molar-refractivity contribution in [3.05, 3.63) is 35.4 Å². The molecule has 1 aromatic rings. The summed E-state index contributed by atoms with van der Waals surface area (Å²) in [6.45, 7) is 4.32. The second-order valence-electron chi connectivity index (χ2n) is 5.62. The lowest BCUT2D eigenvalue weighted by molar-refractivity contribution is -0.137. The predicted octanol–water partition coefficient (Wildman–Crippen LogP) is 3.44. The van der Waals surface area contributed by atoms with E-state index >= 15 is 0 Å². The van der Waals surface area contributed by atoms with Gasteiger partial charge in [-0.2, -0.15) is 13.2 Å². The summed E-state index contributed by atoms with van der Waals surface area (Å²) in [7, 11) is 0. The Bertz CT molecular complexity index is 445. The van der Waals surface area contributed by atoms with Crippen molar-refractivity contribution in [1.82, 2.24) is 4.90 Å². The molecule has 1 fully saturated rings. The molecule has 0 spiro atoms. The summed E-state index contributed by atoms with van der Waals surface area (Å²) >= 11 is 0. The molecule has 2 atom stereocenters. The quantitative estimate of drug-likeness (QED) is 0.922. The van der Waals surface area contributed by atoms with Gasteiger partial charge < -0.3 is 5.73 Å². The first-order chi connectivity index (χ1) is 9.41. The molecule has 0 aliphatic carbocycles. The van der Waals surface area contributed by atoms with Crippen LogP contribution < -0.4 is 5.73 Å². The van der Waals surface area contributed by atoms with Crippen molar-refractivity contribution in [3.8, 4) is 0 Å². The average molecular weight is 286 g/mol. The molecule has 20 heavy (non-hydrogen) atoms. The minimum atomic E-state index is -4.30. The van der Waals surface area contributed by atoms with Gasteiger partial charge in [0.05, 0.1) is 5.56 Å². The Morgan fingerprint density at radius 1 is 1.40 bits per heavy atom. The van der Waals surface area contributed by atoms with Gasteiger partial charge in [0.25, 0.3) is 0 Å². The van der Waals surface area contributed by atoms with Gasteiger partial charge in [0.1, 0.15) is 0 Å². The lowest BCUT2D eigenvalue weighted by Gasteiger charge is -2.37. The number of nitrogens with two attached hydrogens (primary N) is 1. The Hall–Kier alpha value is -1.07. The molecular weight excluding hydrogens is 265 g/mol. The fourth-order valence-electron chi connectivity index (χ4n) is 2.93. The van der Waals surface area contributed by atoms with E-state index in [0.29, 0.717) is 18.0 Å². The van der Waals surface area contributed by atoms with Crippen molar-refractivity contribution in [2.24, 2.45) is 11.7 Å². The molecule has 2 unspecified atom stereocenters. The number of hydrogen-bond donors (Lipinski definition) is 1. The lowest BCUT2D eigenvalue weighted by atomic mass is 9.95. The van der Waals surface area contributed by atoms with Crippen LogP contribution >= 0.6 is 0 Å². The Kier molecular flexibility index (Phi) is 4.70. The van der Waals surface area contributed by atoms with Crippen LogP contribution in [0.3, 0.4) is 0 Å². The molecular formula is C15H21F3N2. The summed E-state index contributed by atoms with van der Waals surface area (Å²) in [5.74, 6) is 0.573. The molecule has 1 saturated heterocycles. The maximum atomic E-state index is 12.8. The largest absolute Gasteiger partial charge is 0.416 e. The lowest BCUT2D eigenvalue weighted by Crippen LogP contribution is -2.40. The van der Waals surface area contributed by atoms with Crippen LogP contribution in [0.4, 0.5) is 13.2 Å². The number of piperidine rings is 1. The fraction of sp³-hybridized carbons (Fsp3) is 0.600. The third kappa shape index (κ3) is 3.52. The van der Waals surface area contributed by atoms with Crippen LogP contribution in [0.1, 0.15) is 36.9 Å². The number of rotatable bonds is 3. The normalized spacial score (nSPS) is 22.8. The third-order valence-electron chi connectivity index (χ3n) is 3.95. The highest BCUT2D eigenvalue weighted by molar-refractivity contribution is 5.28. The Morgan fingerprint density at radius 3 is 2.75 bits per heavy atom. The van der Waals surface area contributed by atoms with Gasteiger partial charge in [-0.05, 0) is 43.0 Å². The summed E-state index contributed by atoms with van der Waals surface area (Å²) in [6.07, 6.45) is -2.04. The van der Waals surface area contributed by atoms with E-state index in [0.717, 1.165) is 25.6 Å². The van der Waals surface area contributed by atoms with Gasteiger partial charge in [0.2, 0.25) is 0 Å². The molecule has 1 heterocycles. The maximum absolute atomic E-state index is 12.8. The van der Waals surface area contributed by atoms with Gasteiger partial charge in [-0.3, -0.25) is 4.90 Å². The minimum absolute atomic E-state index is 0.125. The molecule has 1 aliphatic rings. The van der Waals surface area contributed by atoms with Crippen LogP contribution in [0.2, 0.25) is 0 Å². The molecule has 0 aromatic heterocycles. The molecule has 2 rings (SSSR count). The smallest absolute Gasteiger partial charge is 0.329 e. The van der Waals surface area contributed by atoms with Crippen molar-refractivity contribution in [2.75, 3.05) is 19.6 Å². The predicted molar refractivity (Wildman–Crippen MR) is 73.2 cm³/mol. The first-order valence-electron chi connectivity index (χ1n) is 7.03. The van der Waals surface area contributed by atoms with Crippen molar-refractivity contribution in [1.29, 1.82) is 0 Å². The highest BCUT2D eigenvalue weighted by Crippen LogP contribution is 2.32. The van der Waals surface area contributed by atoms with Gasteiger partial charge in [0, 0.05) is 19.1 Å². The summed E-state index contributed by atoms with van der Waals surface area (Å²) < 4.78 is 38.4. The second-order valence-corrected chi connectivity index (χ2v) is 5.62. The van der Waals surface area contributed by atoms with Gasteiger partial charge in [0.15, 0.2) is 0 Å².